The molecule has 0 amide bonds. The second-order valence-electron chi connectivity index (χ2n) is 5.45. The summed E-state index contributed by atoms with van der Waals surface area (Å²) in [5.41, 5.74) is 0. The predicted molar refractivity (Wildman–Crippen MR) is 73.1 cm³/mol. The molecular formula is C13H26N2S. The Hall–Kier alpha value is 0.270. The smallest absolute Gasteiger partial charge is 0.0124 e. The second kappa shape index (κ2) is 6.27. The van der Waals surface area contributed by atoms with E-state index in [-0.39, 0.29) is 0 Å². The van der Waals surface area contributed by atoms with Gasteiger partial charge < -0.3 is 10.2 Å². The third-order valence-electron chi connectivity index (χ3n) is 3.81. The fraction of sp³-hybridized carbons (Fsp3) is 1.00. The maximum absolute atomic E-state index is 3.80. The number of nitrogens with one attached hydrogen (secondary N) is 1. The monoisotopic (exact) mass is 242 g/mol. The van der Waals surface area contributed by atoms with Crippen LogP contribution >= 0.6 is 11.8 Å². The van der Waals surface area contributed by atoms with Gasteiger partial charge in [-0.1, -0.05) is 0 Å². The lowest BCUT2D eigenvalue weighted by Crippen LogP contribution is -2.38. The molecular weight excluding hydrogens is 216 g/mol. The molecule has 0 unspecified atom stereocenters. The van der Waals surface area contributed by atoms with Crippen LogP contribution in [-0.4, -0.2) is 49.6 Å². The lowest BCUT2D eigenvalue weighted by Gasteiger charge is -2.21. The molecule has 2 saturated carbocycles. The Morgan fingerprint density at radius 1 is 1.19 bits per heavy atom. The van der Waals surface area contributed by atoms with E-state index >= 15 is 0 Å². The third-order valence-corrected chi connectivity index (χ3v) is 4.40. The average Bonchev–Trinajstić information content (AvgIpc) is 3.14. The molecule has 0 atom stereocenters. The van der Waals surface area contributed by atoms with E-state index in [1.807, 2.05) is 11.8 Å². The quantitative estimate of drug-likeness (QED) is 0.666. The molecule has 94 valence electrons. The van der Waals surface area contributed by atoms with Crippen molar-refractivity contribution >= 4 is 11.8 Å². The Kier molecular flexibility index (Phi) is 4.98. The van der Waals surface area contributed by atoms with Crippen molar-refractivity contribution in [2.75, 3.05) is 38.7 Å². The Morgan fingerprint density at radius 3 is 2.31 bits per heavy atom. The first-order chi connectivity index (χ1) is 7.81. The number of rotatable bonds is 9. The Balaban J connectivity index is 1.55. The molecule has 0 aromatic rings. The van der Waals surface area contributed by atoms with Gasteiger partial charge in [0, 0.05) is 31.4 Å². The summed E-state index contributed by atoms with van der Waals surface area (Å²) >= 11 is 1.94. The van der Waals surface area contributed by atoms with Crippen LogP contribution in [0.15, 0.2) is 0 Å². The van der Waals surface area contributed by atoms with Gasteiger partial charge in [-0.2, -0.15) is 11.8 Å². The van der Waals surface area contributed by atoms with Crippen molar-refractivity contribution in [3.63, 3.8) is 0 Å². The highest BCUT2D eigenvalue weighted by Gasteiger charge is 2.40. The summed E-state index contributed by atoms with van der Waals surface area (Å²) in [6, 6.07) is 0.869. The summed E-state index contributed by atoms with van der Waals surface area (Å²) in [4.78, 5) is 2.44. The largest absolute Gasteiger partial charge is 0.312 e. The van der Waals surface area contributed by atoms with E-state index in [2.05, 4.69) is 23.5 Å². The van der Waals surface area contributed by atoms with Crippen LogP contribution in [0.3, 0.4) is 0 Å². The van der Waals surface area contributed by atoms with Crippen LogP contribution in [0.4, 0.5) is 0 Å². The highest BCUT2D eigenvalue weighted by molar-refractivity contribution is 7.98. The van der Waals surface area contributed by atoms with Crippen LogP contribution < -0.4 is 5.32 Å². The summed E-state index contributed by atoms with van der Waals surface area (Å²) in [6.45, 7) is 3.61. The van der Waals surface area contributed by atoms with Crippen LogP contribution in [0.2, 0.25) is 0 Å². The molecule has 2 nitrogen and oxygen atoms in total. The maximum atomic E-state index is 3.80. The Morgan fingerprint density at radius 2 is 1.81 bits per heavy atom. The minimum Gasteiger partial charge on any atom is -0.312 e. The molecule has 3 heteroatoms. The van der Waals surface area contributed by atoms with E-state index in [0.717, 1.165) is 17.9 Å². The van der Waals surface area contributed by atoms with E-state index in [0.29, 0.717) is 0 Å². The molecule has 0 aromatic carbocycles. The molecule has 2 rings (SSSR count). The fourth-order valence-electron chi connectivity index (χ4n) is 2.41. The molecule has 2 aliphatic rings. The number of nitrogens with zero attached hydrogens (tertiary/aromatic N) is 1. The molecule has 0 saturated heterocycles. The third kappa shape index (κ3) is 4.27. The van der Waals surface area contributed by atoms with Crippen molar-refractivity contribution < 1.29 is 0 Å². The second-order valence-corrected chi connectivity index (χ2v) is 6.44. The Bertz CT molecular complexity index is 190. The summed E-state index contributed by atoms with van der Waals surface area (Å²) in [7, 11) is 2.24. The molecule has 16 heavy (non-hydrogen) atoms. The number of likely N-dealkylation sites (N-methyl/N-ethyl adjacent to an activating group) is 1. The number of thioether (sulfide) groups is 1. The number of hydrogen-bond acceptors (Lipinski definition) is 3. The minimum absolute atomic E-state index is 0.869. The average molecular weight is 242 g/mol. The van der Waals surface area contributed by atoms with E-state index in [9.17, 15) is 0 Å². The molecule has 0 aromatic heterocycles. The highest BCUT2D eigenvalue weighted by atomic mass is 32.2. The number of hydrogen-bond donors (Lipinski definition) is 1. The van der Waals surface area contributed by atoms with Crippen molar-refractivity contribution in [3.8, 4) is 0 Å². The summed E-state index contributed by atoms with van der Waals surface area (Å²) in [6.07, 6.45) is 8.11. The van der Waals surface area contributed by atoms with Gasteiger partial charge in [0.15, 0.2) is 0 Å². The van der Waals surface area contributed by atoms with E-state index in [4.69, 9.17) is 0 Å². The minimum atomic E-state index is 0.869. The van der Waals surface area contributed by atoms with E-state index in [1.165, 1.54) is 51.1 Å². The zero-order valence-corrected chi connectivity index (χ0v) is 11.6. The summed E-state index contributed by atoms with van der Waals surface area (Å²) in [5.74, 6) is 3.32. The lowest BCUT2D eigenvalue weighted by molar-refractivity contribution is 0.326. The first kappa shape index (κ1) is 12.7. The van der Waals surface area contributed by atoms with Crippen LogP contribution in [0.5, 0.6) is 0 Å². The highest BCUT2D eigenvalue weighted by Crippen LogP contribution is 2.44. The van der Waals surface area contributed by atoms with Crippen LogP contribution in [0, 0.1) is 11.8 Å². The van der Waals surface area contributed by atoms with Crippen molar-refractivity contribution in [1.29, 1.82) is 0 Å². The maximum Gasteiger partial charge on any atom is 0.0124 e. The van der Waals surface area contributed by atoms with Gasteiger partial charge in [-0.25, -0.2) is 0 Å². The zero-order chi connectivity index (χ0) is 11.4. The lowest BCUT2D eigenvalue weighted by atomic mass is 10.1. The van der Waals surface area contributed by atoms with Gasteiger partial charge in [0.2, 0.25) is 0 Å². The molecule has 2 aliphatic carbocycles. The predicted octanol–water partition coefficient (Wildman–Crippen LogP) is 2.06. The van der Waals surface area contributed by atoms with Crippen molar-refractivity contribution in [2.45, 2.75) is 31.7 Å². The molecule has 0 radical (unpaired) electrons. The topological polar surface area (TPSA) is 15.3 Å². The molecule has 0 heterocycles. The standard InChI is InChI=1S/C13H26N2S/c1-15(9-10-16-2)8-7-14-13(11-3-4-11)12-5-6-12/h11-14H,3-10H2,1-2H3. The molecule has 0 bridgehead atoms. The van der Waals surface area contributed by atoms with Crippen LogP contribution in [0.1, 0.15) is 25.7 Å². The zero-order valence-electron chi connectivity index (χ0n) is 10.7. The van der Waals surface area contributed by atoms with Crippen LogP contribution in [-0.2, 0) is 0 Å². The molecule has 0 spiro atoms. The summed E-state index contributed by atoms with van der Waals surface area (Å²) in [5, 5.41) is 3.80. The Labute approximate surface area is 105 Å². The molecule has 1 N–H and O–H groups in total. The van der Waals surface area contributed by atoms with Gasteiger partial charge in [0.25, 0.3) is 0 Å². The van der Waals surface area contributed by atoms with Crippen molar-refractivity contribution in [2.24, 2.45) is 11.8 Å². The fourth-order valence-corrected chi connectivity index (χ4v) is 2.90. The van der Waals surface area contributed by atoms with Crippen molar-refractivity contribution in [1.82, 2.24) is 10.2 Å². The van der Waals surface area contributed by atoms with Crippen LogP contribution in [0.25, 0.3) is 0 Å². The SMILES string of the molecule is CSCCN(C)CCNC(C1CC1)C1CC1. The first-order valence-electron chi connectivity index (χ1n) is 6.72. The molecule has 0 aliphatic heterocycles. The van der Waals surface area contributed by atoms with E-state index in [1.54, 1.807) is 0 Å². The van der Waals surface area contributed by atoms with Gasteiger partial charge >= 0.3 is 0 Å². The van der Waals surface area contributed by atoms with E-state index < -0.39 is 0 Å². The normalized spacial score (nSPS) is 21.0. The van der Waals surface area contributed by atoms with Gasteiger partial charge in [-0.05, 0) is 50.8 Å². The first-order valence-corrected chi connectivity index (χ1v) is 8.11. The summed E-state index contributed by atoms with van der Waals surface area (Å²) < 4.78 is 0. The van der Waals surface area contributed by atoms with Gasteiger partial charge in [-0.15, -0.1) is 0 Å². The van der Waals surface area contributed by atoms with Crippen molar-refractivity contribution in [3.05, 3.63) is 0 Å². The van der Waals surface area contributed by atoms with Gasteiger partial charge in [0.1, 0.15) is 0 Å². The van der Waals surface area contributed by atoms with Gasteiger partial charge in [-0.3, -0.25) is 0 Å². The molecule has 2 fully saturated rings. The van der Waals surface area contributed by atoms with Gasteiger partial charge in [0.05, 0.1) is 0 Å².